The van der Waals surface area contributed by atoms with Crippen LogP contribution in [0, 0.1) is 0 Å². The van der Waals surface area contributed by atoms with Crippen LogP contribution in [0.5, 0.6) is 0 Å². The highest BCUT2D eigenvalue weighted by Crippen LogP contribution is 2.11. The van der Waals surface area contributed by atoms with Gasteiger partial charge in [-0.25, -0.2) is 4.79 Å². The van der Waals surface area contributed by atoms with E-state index < -0.39 is 12.1 Å². The zero-order chi connectivity index (χ0) is 10.4. The summed E-state index contributed by atoms with van der Waals surface area (Å²) < 4.78 is 4.44. The first-order valence-electron chi connectivity index (χ1n) is 4.28. The zero-order valence-corrected chi connectivity index (χ0v) is 7.93. The van der Waals surface area contributed by atoms with Crippen molar-refractivity contribution in [2.24, 2.45) is 0 Å². The van der Waals surface area contributed by atoms with E-state index in [1.807, 2.05) is 30.3 Å². The molecule has 1 amide bonds. The predicted molar refractivity (Wildman–Crippen MR) is 51.8 cm³/mol. The quantitative estimate of drug-likeness (QED) is 0.758. The normalized spacial score (nSPS) is 11.9. The van der Waals surface area contributed by atoms with E-state index in [1.165, 1.54) is 7.11 Å². The summed E-state index contributed by atoms with van der Waals surface area (Å²) in [5.74, 6) is 0. The van der Waals surface area contributed by atoms with Gasteiger partial charge in [-0.15, -0.1) is 0 Å². The lowest BCUT2D eigenvalue weighted by Crippen LogP contribution is -2.30. The third kappa shape index (κ3) is 2.74. The molecule has 0 aliphatic heterocycles. The number of hydrogen-bond donors (Lipinski definition) is 2. The van der Waals surface area contributed by atoms with Crippen molar-refractivity contribution < 1.29 is 14.6 Å². The van der Waals surface area contributed by atoms with Crippen LogP contribution in [0.1, 0.15) is 11.6 Å². The highest BCUT2D eigenvalue weighted by atomic mass is 16.5. The third-order valence-electron chi connectivity index (χ3n) is 1.86. The number of amides is 1. The molecule has 0 aliphatic rings. The van der Waals surface area contributed by atoms with E-state index in [4.69, 9.17) is 5.11 Å². The highest BCUT2D eigenvalue weighted by Gasteiger charge is 2.12. The monoisotopic (exact) mass is 195 g/mol. The molecule has 1 aromatic rings. The molecule has 4 heteroatoms. The van der Waals surface area contributed by atoms with Gasteiger partial charge in [-0.3, -0.25) is 0 Å². The molecule has 0 bridgehead atoms. The van der Waals surface area contributed by atoms with E-state index in [1.54, 1.807) is 0 Å². The van der Waals surface area contributed by atoms with Crippen LogP contribution in [-0.4, -0.2) is 24.9 Å². The Kier molecular flexibility index (Phi) is 3.94. The van der Waals surface area contributed by atoms with Gasteiger partial charge in [-0.2, -0.15) is 0 Å². The maximum atomic E-state index is 10.9. The number of nitrogens with one attached hydrogen (secondary N) is 1. The van der Waals surface area contributed by atoms with Crippen molar-refractivity contribution in [1.82, 2.24) is 5.32 Å². The first-order chi connectivity index (χ1) is 6.77. The van der Waals surface area contributed by atoms with E-state index in [2.05, 4.69) is 10.1 Å². The van der Waals surface area contributed by atoms with Crippen LogP contribution in [-0.2, 0) is 4.74 Å². The number of aliphatic hydroxyl groups excluding tert-OH is 1. The maximum absolute atomic E-state index is 10.9. The van der Waals surface area contributed by atoms with Crippen LogP contribution < -0.4 is 5.32 Å². The van der Waals surface area contributed by atoms with Crippen molar-refractivity contribution in [2.75, 3.05) is 13.7 Å². The fraction of sp³-hybridized carbons (Fsp3) is 0.300. The van der Waals surface area contributed by atoms with Gasteiger partial charge in [-0.05, 0) is 5.56 Å². The highest BCUT2D eigenvalue weighted by molar-refractivity contribution is 5.67. The van der Waals surface area contributed by atoms with Crippen molar-refractivity contribution in [3.05, 3.63) is 35.9 Å². The van der Waals surface area contributed by atoms with Gasteiger partial charge in [0.15, 0.2) is 0 Å². The Hall–Kier alpha value is -1.55. The fourth-order valence-electron chi connectivity index (χ4n) is 1.12. The van der Waals surface area contributed by atoms with Crippen LogP contribution in [0.4, 0.5) is 4.79 Å². The first kappa shape index (κ1) is 10.5. The van der Waals surface area contributed by atoms with E-state index in [9.17, 15) is 4.79 Å². The Morgan fingerprint density at radius 2 is 2.14 bits per heavy atom. The van der Waals surface area contributed by atoms with Crippen LogP contribution >= 0.6 is 0 Å². The van der Waals surface area contributed by atoms with Crippen molar-refractivity contribution in [3.8, 4) is 0 Å². The molecular weight excluding hydrogens is 182 g/mol. The Balaban J connectivity index is 2.68. The van der Waals surface area contributed by atoms with E-state index in [0.717, 1.165) is 5.56 Å². The molecule has 0 aliphatic carbocycles. The van der Waals surface area contributed by atoms with Crippen LogP contribution in [0.25, 0.3) is 0 Å². The predicted octanol–water partition coefficient (Wildman–Crippen LogP) is 1.08. The molecule has 0 saturated carbocycles. The number of rotatable bonds is 3. The average molecular weight is 195 g/mol. The van der Waals surface area contributed by atoms with E-state index in [-0.39, 0.29) is 6.61 Å². The van der Waals surface area contributed by atoms with Crippen molar-refractivity contribution in [2.45, 2.75) is 6.04 Å². The number of carbonyl (C=O) groups is 1. The minimum atomic E-state index is -0.548. The molecule has 4 nitrogen and oxygen atoms in total. The molecule has 0 spiro atoms. The summed E-state index contributed by atoms with van der Waals surface area (Å²) in [4.78, 5) is 10.9. The van der Waals surface area contributed by atoms with Crippen LogP contribution in [0.3, 0.4) is 0 Å². The van der Waals surface area contributed by atoms with E-state index in [0.29, 0.717) is 0 Å². The molecule has 14 heavy (non-hydrogen) atoms. The standard InChI is InChI=1S/C10H13NO3/c1-14-10(13)11-9(7-12)8-5-3-2-4-6-8/h2-6,9,12H,7H2,1H3,(H,11,13)/t9-/m0/s1. The van der Waals surface area contributed by atoms with Gasteiger partial charge in [-0.1, -0.05) is 30.3 Å². The SMILES string of the molecule is COC(=O)N[C@@H](CO)c1ccccc1. The van der Waals surface area contributed by atoms with E-state index >= 15 is 0 Å². The van der Waals surface area contributed by atoms with Crippen LogP contribution in [0.15, 0.2) is 30.3 Å². The topological polar surface area (TPSA) is 58.6 Å². The summed E-state index contributed by atoms with van der Waals surface area (Å²) in [6.45, 7) is -0.154. The minimum Gasteiger partial charge on any atom is -0.453 e. The molecule has 0 unspecified atom stereocenters. The molecule has 76 valence electrons. The Bertz CT molecular complexity index is 287. The molecule has 2 N–H and O–H groups in total. The van der Waals surface area contributed by atoms with Gasteiger partial charge in [0, 0.05) is 0 Å². The smallest absolute Gasteiger partial charge is 0.407 e. The average Bonchev–Trinajstić information content (AvgIpc) is 2.26. The lowest BCUT2D eigenvalue weighted by atomic mass is 10.1. The first-order valence-corrected chi connectivity index (χ1v) is 4.28. The number of alkyl carbamates (subject to hydrolysis) is 1. The summed E-state index contributed by atoms with van der Waals surface area (Å²) >= 11 is 0. The minimum absolute atomic E-state index is 0.154. The summed E-state index contributed by atoms with van der Waals surface area (Å²) in [5, 5.41) is 11.6. The summed E-state index contributed by atoms with van der Waals surface area (Å²) in [7, 11) is 1.29. The summed E-state index contributed by atoms with van der Waals surface area (Å²) in [6.07, 6.45) is -0.548. The second kappa shape index (κ2) is 5.24. The number of hydrogen-bond acceptors (Lipinski definition) is 3. The second-order valence-corrected chi connectivity index (χ2v) is 2.78. The molecule has 0 fully saturated rings. The third-order valence-corrected chi connectivity index (χ3v) is 1.86. The lowest BCUT2D eigenvalue weighted by Gasteiger charge is -2.15. The lowest BCUT2D eigenvalue weighted by molar-refractivity contribution is 0.157. The van der Waals surface area contributed by atoms with Crippen molar-refractivity contribution in [3.63, 3.8) is 0 Å². The van der Waals surface area contributed by atoms with Gasteiger partial charge in [0.25, 0.3) is 0 Å². The Labute approximate surface area is 82.5 Å². The molecule has 0 aromatic heterocycles. The number of benzene rings is 1. The van der Waals surface area contributed by atoms with Gasteiger partial charge in [0.1, 0.15) is 0 Å². The molecule has 1 aromatic carbocycles. The number of aliphatic hydroxyl groups is 1. The maximum Gasteiger partial charge on any atom is 0.407 e. The summed E-state index contributed by atoms with van der Waals surface area (Å²) in [6, 6.07) is 8.81. The molecule has 0 radical (unpaired) electrons. The Morgan fingerprint density at radius 1 is 1.50 bits per heavy atom. The largest absolute Gasteiger partial charge is 0.453 e. The van der Waals surface area contributed by atoms with Crippen molar-refractivity contribution in [1.29, 1.82) is 0 Å². The molecule has 0 heterocycles. The second-order valence-electron chi connectivity index (χ2n) is 2.78. The Morgan fingerprint density at radius 3 is 2.64 bits per heavy atom. The van der Waals surface area contributed by atoms with Crippen molar-refractivity contribution >= 4 is 6.09 Å². The van der Waals surface area contributed by atoms with Crippen LogP contribution in [0.2, 0.25) is 0 Å². The number of carbonyl (C=O) groups excluding carboxylic acids is 1. The fourth-order valence-corrected chi connectivity index (χ4v) is 1.12. The zero-order valence-electron chi connectivity index (χ0n) is 7.93. The summed E-state index contributed by atoms with van der Waals surface area (Å²) in [5.41, 5.74) is 0.848. The van der Waals surface area contributed by atoms with Gasteiger partial charge < -0.3 is 15.2 Å². The number of ether oxygens (including phenoxy) is 1. The van der Waals surface area contributed by atoms with Gasteiger partial charge in [0.05, 0.1) is 19.8 Å². The molecular formula is C10H13NO3. The molecule has 1 rings (SSSR count). The molecule has 0 saturated heterocycles. The number of methoxy groups -OCH3 is 1. The van der Waals surface area contributed by atoms with Gasteiger partial charge in [0.2, 0.25) is 0 Å². The molecule has 1 atom stereocenters. The van der Waals surface area contributed by atoms with Gasteiger partial charge >= 0.3 is 6.09 Å².